The molecule has 0 aromatic carbocycles. The Morgan fingerprint density at radius 2 is 0.647 bits per heavy atom. The second-order valence-corrected chi connectivity index (χ2v) is 29.2. The molecule has 0 saturated carbocycles. The van der Waals surface area contributed by atoms with Gasteiger partial charge in [-0.3, -0.25) is 13.8 Å². The van der Waals surface area contributed by atoms with E-state index in [-0.39, 0.29) is 19.1 Å². The summed E-state index contributed by atoms with van der Waals surface area (Å²) in [6, 6.07) is -0.862. The van der Waals surface area contributed by atoms with Crippen LogP contribution < -0.4 is 5.32 Å². The molecule has 1 amide bonds. The number of rotatable bonds is 72. The lowest BCUT2D eigenvalue weighted by molar-refractivity contribution is -0.870. The van der Waals surface area contributed by atoms with Crippen LogP contribution in [0, 0.1) is 0 Å². The van der Waals surface area contributed by atoms with E-state index in [9.17, 15) is 19.4 Å². The third kappa shape index (κ3) is 70.3. The standard InChI is InChI=1S/C76H151N2O6P/c1-6-8-10-12-14-16-18-20-22-24-26-28-30-31-32-33-34-35-36-37-38-39-40-41-42-43-44-45-46-48-50-52-54-56-58-60-62-64-66-68-70-76(80)77-74(73-84-85(81,82)83-72-71-78(3,4)5)75(79)69-67-65-63-61-59-57-55-53-51-49-47-29-27-25-23-21-19-17-15-13-11-9-7-2/h59,61,67,69,74-75,79H,6-58,60,62-66,68,70-73H2,1-5H3,(H-,77,80,81,82)/p+1/b61-59+,69-67+. The molecule has 0 radical (unpaired) electrons. The summed E-state index contributed by atoms with van der Waals surface area (Å²) in [6.45, 7) is 4.86. The first-order valence-corrected chi connectivity index (χ1v) is 39.7. The molecule has 3 N–H and O–H groups in total. The summed E-state index contributed by atoms with van der Waals surface area (Å²) in [4.78, 5) is 23.4. The molecular weight excluding hydrogens is 1070 g/mol. The molecule has 0 aliphatic carbocycles. The molecule has 0 bridgehead atoms. The number of aliphatic hydroxyl groups excluding tert-OH is 1. The van der Waals surface area contributed by atoms with Gasteiger partial charge in [0.25, 0.3) is 0 Å². The fourth-order valence-corrected chi connectivity index (χ4v) is 12.7. The van der Waals surface area contributed by atoms with Gasteiger partial charge in [0.2, 0.25) is 5.91 Å². The Hall–Kier alpha value is -1.02. The fourth-order valence-electron chi connectivity index (χ4n) is 12.0. The van der Waals surface area contributed by atoms with Gasteiger partial charge in [-0.15, -0.1) is 0 Å². The van der Waals surface area contributed by atoms with Crippen molar-refractivity contribution in [3.05, 3.63) is 24.3 Å². The van der Waals surface area contributed by atoms with Gasteiger partial charge in [0.1, 0.15) is 13.2 Å². The van der Waals surface area contributed by atoms with E-state index < -0.39 is 20.0 Å². The first-order valence-electron chi connectivity index (χ1n) is 38.2. The molecule has 0 aliphatic rings. The quantitative estimate of drug-likeness (QED) is 0.0243. The van der Waals surface area contributed by atoms with Gasteiger partial charge in [-0.1, -0.05) is 391 Å². The van der Waals surface area contributed by atoms with Crippen LogP contribution in [0.5, 0.6) is 0 Å². The number of nitrogens with zero attached hydrogens (tertiary/aromatic N) is 1. The number of nitrogens with one attached hydrogen (secondary N) is 1. The minimum Gasteiger partial charge on any atom is -0.387 e. The summed E-state index contributed by atoms with van der Waals surface area (Å²) in [5.41, 5.74) is 0. The molecular formula is C76H152N2O6P+. The van der Waals surface area contributed by atoms with Crippen molar-refractivity contribution in [2.45, 2.75) is 418 Å². The average molecular weight is 1220 g/mol. The van der Waals surface area contributed by atoms with Crippen LogP contribution in [-0.4, -0.2) is 73.4 Å². The van der Waals surface area contributed by atoms with Gasteiger partial charge in [-0.05, 0) is 32.1 Å². The molecule has 0 aliphatic heterocycles. The Labute approximate surface area is 532 Å². The smallest absolute Gasteiger partial charge is 0.387 e. The molecule has 506 valence electrons. The summed E-state index contributed by atoms with van der Waals surface area (Å²) in [5.74, 6) is -0.177. The van der Waals surface area contributed by atoms with Crippen LogP contribution in [0.4, 0.5) is 0 Å². The van der Waals surface area contributed by atoms with Gasteiger partial charge in [-0.25, -0.2) is 4.57 Å². The van der Waals surface area contributed by atoms with Crippen molar-refractivity contribution in [2.24, 2.45) is 0 Å². The van der Waals surface area contributed by atoms with E-state index in [2.05, 4.69) is 31.3 Å². The van der Waals surface area contributed by atoms with Crippen LogP contribution in [0.25, 0.3) is 0 Å². The van der Waals surface area contributed by atoms with Gasteiger partial charge in [0.05, 0.1) is 39.9 Å². The zero-order valence-electron chi connectivity index (χ0n) is 58.1. The fraction of sp³-hybridized carbons (Fsp3) is 0.934. The monoisotopic (exact) mass is 1220 g/mol. The SMILES string of the molecule is CCCCCCCCCCCCCCCCCCC/C=C/CC/C=C/C(O)C(COP(=O)(O)OCC[N+](C)(C)C)NC(=O)CCCCCCCCCCCCCCCCCCCCCCCCCCCCCCCCCCCCCCCCCC. The number of carbonyl (C=O) groups excluding carboxylic acids is 1. The highest BCUT2D eigenvalue weighted by atomic mass is 31.2. The zero-order valence-corrected chi connectivity index (χ0v) is 59.0. The van der Waals surface area contributed by atoms with Crippen molar-refractivity contribution in [3.8, 4) is 0 Å². The number of carbonyl (C=O) groups is 1. The third-order valence-electron chi connectivity index (χ3n) is 17.9. The normalized spacial score (nSPS) is 13.6. The van der Waals surface area contributed by atoms with Crippen LogP contribution in [0.1, 0.15) is 406 Å². The van der Waals surface area contributed by atoms with E-state index >= 15 is 0 Å². The third-order valence-corrected chi connectivity index (χ3v) is 18.9. The maximum Gasteiger partial charge on any atom is 0.472 e. The van der Waals surface area contributed by atoms with Crippen molar-refractivity contribution in [3.63, 3.8) is 0 Å². The molecule has 3 unspecified atom stereocenters. The number of hydrogen-bond acceptors (Lipinski definition) is 5. The predicted octanol–water partition coefficient (Wildman–Crippen LogP) is 24.6. The molecule has 0 aromatic rings. The van der Waals surface area contributed by atoms with Crippen LogP contribution in [0.3, 0.4) is 0 Å². The van der Waals surface area contributed by atoms with Crippen LogP contribution >= 0.6 is 7.82 Å². The van der Waals surface area contributed by atoms with Crippen molar-refractivity contribution >= 4 is 13.7 Å². The topological polar surface area (TPSA) is 105 Å². The number of likely N-dealkylation sites (N-methyl/N-ethyl adjacent to an activating group) is 1. The lowest BCUT2D eigenvalue weighted by Gasteiger charge is -2.25. The van der Waals surface area contributed by atoms with Gasteiger partial charge < -0.3 is 19.8 Å². The first kappa shape index (κ1) is 84.0. The Balaban J connectivity index is 3.91. The Morgan fingerprint density at radius 3 is 0.941 bits per heavy atom. The Kier molecular flexibility index (Phi) is 66.6. The second-order valence-electron chi connectivity index (χ2n) is 27.7. The molecule has 3 atom stereocenters. The van der Waals surface area contributed by atoms with Crippen LogP contribution in [-0.2, 0) is 18.4 Å². The Bertz CT molecular complexity index is 1430. The number of quaternary nitrogens is 1. The number of phosphoric acid groups is 1. The van der Waals surface area contributed by atoms with Crippen LogP contribution in [0.2, 0.25) is 0 Å². The molecule has 0 rings (SSSR count). The number of aliphatic hydroxyl groups is 1. The highest BCUT2D eigenvalue weighted by molar-refractivity contribution is 7.47. The number of allylic oxidation sites excluding steroid dienone is 3. The van der Waals surface area contributed by atoms with Crippen molar-refractivity contribution in [1.82, 2.24) is 5.32 Å². The maximum absolute atomic E-state index is 13.1. The van der Waals surface area contributed by atoms with E-state index in [4.69, 9.17) is 9.05 Å². The molecule has 85 heavy (non-hydrogen) atoms. The van der Waals surface area contributed by atoms with Gasteiger partial charge in [0, 0.05) is 6.42 Å². The number of hydrogen-bond donors (Lipinski definition) is 3. The second kappa shape index (κ2) is 67.4. The molecule has 0 aromatic heterocycles. The number of phosphoric ester groups is 1. The van der Waals surface area contributed by atoms with Crippen molar-refractivity contribution < 1.29 is 32.9 Å². The summed E-state index contributed by atoms with van der Waals surface area (Å²) in [5, 5.41) is 14.0. The van der Waals surface area contributed by atoms with Crippen molar-refractivity contribution in [2.75, 3.05) is 40.9 Å². The summed E-state index contributed by atoms with van der Waals surface area (Å²) < 4.78 is 23.8. The molecule has 0 fully saturated rings. The number of amides is 1. The van der Waals surface area contributed by atoms with Crippen molar-refractivity contribution in [1.29, 1.82) is 0 Å². The average Bonchev–Trinajstić information content (AvgIpc) is 3.52. The molecule has 0 spiro atoms. The lowest BCUT2D eigenvalue weighted by atomic mass is 10.0. The number of unbranched alkanes of at least 4 members (excludes halogenated alkanes) is 57. The van der Waals surface area contributed by atoms with E-state index in [0.29, 0.717) is 17.4 Å². The van der Waals surface area contributed by atoms with Gasteiger partial charge in [-0.2, -0.15) is 0 Å². The molecule has 9 heteroatoms. The van der Waals surface area contributed by atoms with Gasteiger partial charge >= 0.3 is 7.82 Å². The molecule has 0 saturated heterocycles. The maximum atomic E-state index is 13.1. The van der Waals surface area contributed by atoms with E-state index in [1.165, 1.54) is 347 Å². The van der Waals surface area contributed by atoms with Gasteiger partial charge in [0.15, 0.2) is 0 Å². The molecule has 8 nitrogen and oxygen atoms in total. The lowest BCUT2D eigenvalue weighted by Crippen LogP contribution is -2.45. The Morgan fingerprint density at radius 1 is 0.388 bits per heavy atom. The summed E-state index contributed by atoms with van der Waals surface area (Å²) in [7, 11) is 1.58. The van der Waals surface area contributed by atoms with E-state index in [1.807, 2.05) is 27.2 Å². The summed E-state index contributed by atoms with van der Waals surface area (Å²) in [6.07, 6.45) is 89.5. The minimum atomic E-state index is -4.36. The van der Waals surface area contributed by atoms with Crippen LogP contribution in [0.15, 0.2) is 24.3 Å². The van der Waals surface area contributed by atoms with E-state index in [1.54, 1.807) is 6.08 Å². The van der Waals surface area contributed by atoms with E-state index in [0.717, 1.165) is 38.5 Å². The highest BCUT2D eigenvalue weighted by Crippen LogP contribution is 2.43. The summed E-state index contributed by atoms with van der Waals surface area (Å²) >= 11 is 0. The first-order chi connectivity index (χ1) is 41.5. The predicted molar refractivity (Wildman–Crippen MR) is 374 cm³/mol. The molecule has 0 heterocycles. The minimum absolute atomic E-state index is 0.0591. The zero-order chi connectivity index (χ0) is 61.9. The highest BCUT2D eigenvalue weighted by Gasteiger charge is 2.28. The largest absolute Gasteiger partial charge is 0.472 e.